The van der Waals surface area contributed by atoms with Crippen molar-refractivity contribution in [3.05, 3.63) is 30.9 Å². The molecule has 1 aliphatic rings. The van der Waals surface area contributed by atoms with Crippen LogP contribution in [0, 0.1) is 5.92 Å². The second-order valence-corrected chi connectivity index (χ2v) is 6.80. The molecule has 1 fully saturated rings. The molecule has 3 heterocycles. The molecule has 0 radical (unpaired) electrons. The summed E-state index contributed by atoms with van der Waals surface area (Å²) >= 11 is 0. The highest BCUT2D eigenvalue weighted by molar-refractivity contribution is 5.63. The van der Waals surface area contributed by atoms with Crippen LogP contribution in [0.15, 0.2) is 30.9 Å². The Bertz CT molecular complexity index is 884. The van der Waals surface area contributed by atoms with E-state index in [9.17, 15) is 0 Å². The lowest BCUT2D eigenvalue weighted by atomic mass is 9.67. The molecule has 7 nitrogen and oxygen atoms in total. The Morgan fingerprint density at radius 1 is 1.33 bits per heavy atom. The van der Waals surface area contributed by atoms with Gasteiger partial charge in [-0.15, -0.1) is 0 Å². The summed E-state index contributed by atoms with van der Waals surface area (Å²) in [6.45, 7) is 4.36. The predicted octanol–water partition coefficient (Wildman–Crippen LogP) is 1.90. The molecule has 0 aliphatic heterocycles. The van der Waals surface area contributed by atoms with Gasteiger partial charge in [0, 0.05) is 37.2 Å². The third kappa shape index (κ3) is 2.27. The van der Waals surface area contributed by atoms with Gasteiger partial charge in [0.2, 0.25) is 5.88 Å². The van der Waals surface area contributed by atoms with Crippen molar-refractivity contribution in [2.45, 2.75) is 31.9 Å². The Morgan fingerprint density at radius 2 is 2.17 bits per heavy atom. The maximum absolute atomic E-state index is 6.38. The summed E-state index contributed by atoms with van der Waals surface area (Å²) in [4.78, 5) is 4.75. The van der Waals surface area contributed by atoms with E-state index < -0.39 is 0 Å². The standard InChI is InChI=1S/C17H22N6O/c1-11-13(18-3)7-17(11,2)24-16-15-5-6-19-23(15)10-14(21-16)12-8-20-22(4)9-12/h5-6,8-11,13,18H,7H2,1-4H3. The van der Waals surface area contributed by atoms with Gasteiger partial charge in [-0.05, 0) is 20.0 Å². The first kappa shape index (κ1) is 15.1. The quantitative estimate of drug-likeness (QED) is 0.793. The van der Waals surface area contributed by atoms with E-state index in [0.29, 0.717) is 17.8 Å². The number of aryl methyl sites for hydroxylation is 1. The molecular formula is C17H22N6O. The van der Waals surface area contributed by atoms with Crippen molar-refractivity contribution < 1.29 is 4.74 Å². The highest BCUT2D eigenvalue weighted by Crippen LogP contribution is 2.42. The molecule has 1 N–H and O–H groups in total. The first-order valence-corrected chi connectivity index (χ1v) is 8.20. The van der Waals surface area contributed by atoms with E-state index >= 15 is 0 Å². The van der Waals surface area contributed by atoms with Gasteiger partial charge in [0.1, 0.15) is 11.1 Å². The van der Waals surface area contributed by atoms with Crippen molar-refractivity contribution in [1.29, 1.82) is 0 Å². The van der Waals surface area contributed by atoms with Crippen LogP contribution < -0.4 is 10.1 Å². The fourth-order valence-electron chi connectivity index (χ4n) is 3.44. The minimum absolute atomic E-state index is 0.223. The normalized spacial score (nSPS) is 26.5. The topological polar surface area (TPSA) is 69.3 Å². The van der Waals surface area contributed by atoms with Crippen molar-refractivity contribution in [3.8, 4) is 17.1 Å². The average molecular weight is 326 g/mol. The molecule has 3 unspecified atom stereocenters. The lowest BCUT2D eigenvalue weighted by molar-refractivity contribution is -0.0729. The Hall–Kier alpha value is -2.41. The van der Waals surface area contributed by atoms with E-state index in [1.165, 1.54) is 0 Å². The molecule has 3 atom stereocenters. The molecule has 1 saturated carbocycles. The molecule has 0 saturated heterocycles. The highest BCUT2D eigenvalue weighted by atomic mass is 16.5. The molecule has 0 spiro atoms. The summed E-state index contributed by atoms with van der Waals surface area (Å²) in [5, 5.41) is 11.9. The zero-order valence-corrected chi connectivity index (χ0v) is 14.4. The Kier molecular flexibility index (Phi) is 3.35. The molecule has 0 bridgehead atoms. The lowest BCUT2D eigenvalue weighted by Crippen LogP contribution is -2.62. The van der Waals surface area contributed by atoms with Gasteiger partial charge in [0.15, 0.2) is 0 Å². The summed E-state index contributed by atoms with van der Waals surface area (Å²) in [5.74, 6) is 1.03. The number of nitrogens with zero attached hydrogens (tertiary/aromatic N) is 5. The van der Waals surface area contributed by atoms with Crippen molar-refractivity contribution in [2.75, 3.05) is 7.05 Å². The predicted molar refractivity (Wildman–Crippen MR) is 90.9 cm³/mol. The van der Waals surface area contributed by atoms with Crippen LogP contribution in [-0.2, 0) is 7.05 Å². The van der Waals surface area contributed by atoms with Crippen LogP contribution in [0.2, 0.25) is 0 Å². The van der Waals surface area contributed by atoms with Crippen LogP contribution in [0.4, 0.5) is 0 Å². The molecule has 4 rings (SSSR count). The fraction of sp³-hybridized carbons (Fsp3) is 0.471. The van der Waals surface area contributed by atoms with Gasteiger partial charge in [-0.2, -0.15) is 10.2 Å². The van der Waals surface area contributed by atoms with E-state index in [-0.39, 0.29) is 5.60 Å². The van der Waals surface area contributed by atoms with E-state index in [1.54, 1.807) is 17.1 Å². The highest BCUT2D eigenvalue weighted by Gasteiger charge is 2.50. The summed E-state index contributed by atoms with van der Waals surface area (Å²) < 4.78 is 9.96. The van der Waals surface area contributed by atoms with Crippen molar-refractivity contribution >= 4 is 5.52 Å². The first-order chi connectivity index (χ1) is 11.5. The van der Waals surface area contributed by atoms with Gasteiger partial charge in [0.25, 0.3) is 0 Å². The van der Waals surface area contributed by atoms with Crippen LogP contribution in [0.3, 0.4) is 0 Å². The van der Waals surface area contributed by atoms with Crippen LogP contribution in [0.1, 0.15) is 20.3 Å². The monoisotopic (exact) mass is 326 g/mol. The van der Waals surface area contributed by atoms with E-state index in [4.69, 9.17) is 9.72 Å². The van der Waals surface area contributed by atoms with Crippen molar-refractivity contribution in [3.63, 3.8) is 0 Å². The second kappa shape index (κ2) is 5.31. The van der Waals surface area contributed by atoms with Crippen LogP contribution in [-0.4, -0.2) is 43.1 Å². The number of fused-ring (bicyclic) bond motifs is 1. The van der Waals surface area contributed by atoms with Crippen molar-refractivity contribution in [2.24, 2.45) is 13.0 Å². The number of ether oxygens (including phenoxy) is 1. The van der Waals surface area contributed by atoms with Crippen LogP contribution in [0.5, 0.6) is 5.88 Å². The van der Waals surface area contributed by atoms with E-state index in [1.807, 2.05) is 37.1 Å². The maximum Gasteiger partial charge on any atom is 0.241 e. The minimum Gasteiger partial charge on any atom is -0.469 e. The summed E-state index contributed by atoms with van der Waals surface area (Å²) in [5.41, 5.74) is 2.40. The average Bonchev–Trinajstić information content (AvgIpc) is 3.21. The van der Waals surface area contributed by atoms with Crippen LogP contribution in [0.25, 0.3) is 16.8 Å². The number of aromatic nitrogens is 5. The van der Waals surface area contributed by atoms with Gasteiger partial charge < -0.3 is 10.1 Å². The molecule has 7 heteroatoms. The van der Waals surface area contributed by atoms with Gasteiger partial charge in [-0.25, -0.2) is 9.50 Å². The molecule has 3 aromatic rings. The molecular weight excluding hydrogens is 304 g/mol. The maximum atomic E-state index is 6.38. The van der Waals surface area contributed by atoms with Crippen molar-refractivity contribution in [1.82, 2.24) is 29.7 Å². The third-order valence-electron chi connectivity index (χ3n) is 5.25. The number of rotatable bonds is 4. The SMILES string of the molecule is CNC1CC(C)(Oc2nc(-c3cnn(C)c3)cn3nccc23)C1C. The largest absolute Gasteiger partial charge is 0.469 e. The Labute approximate surface area is 140 Å². The van der Waals surface area contributed by atoms with Gasteiger partial charge >= 0.3 is 0 Å². The van der Waals surface area contributed by atoms with Crippen LogP contribution >= 0.6 is 0 Å². The Morgan fingerprint density at radius 3 is 2.83 bits per heavy atom. The number of hydrogen-bond acceptors (Lipinski definition) is 5. The second-order valence-electron chi connectivity index (χ2n) is 6.80. The van der Waals surface area contributed by atoms with E-state index in [0.717, 1.165) is 23.2 Å². The summed E-state index contributed by atoms with van der Waals surface area (Å²) in [7, 11) is 3.89. The number of hydrogen-bond donors (Lipinski definition) is 1. The molecule has 0 amide bonds. The lowest BCUT2D eigenvalue weighted by Gasteiger charge is -2.50. The molecule has 1 aliphatic carbocycles. The minimum atomic E-state index is -0.223. The smallest absolute Gasteiger partial charge is 0.241 e. The summed E-state index contributed by atoms with van der Waals surface area (Å²) in [6.07, 6.45) is 8.37. The Balaban J connectivity index is 1.73. The molecule has 126 valence electrons. The van der Waals surface area contributed by atoms with Gasteiger partial charge in [-0.1, -0.05) is 6.92 Å². The summed E-state index contributed by atoms with van der Waals surface area (Å²) in [6, 6.07) is 2.41. The van der Waals surface area contributed by atoms with Gasteiger partial charge in [-0.3, -0.25) is 4.68 Å². The molecule has 0 aromatic carbocycles. The zero-order valence-electron chi connectivity index (χ0n) is 14.4. The molecule has 24 heavy (non-hydrogen) atoms. The fourth-order valence-corrected chi connectivity index (χ4v) is 3.44. The van der Waals surface area contributed by atoms with E-state index in [2.05, 4.69) is 29.4 Å². The zero-order chi connectivity index (χ0) is 16.9. The number of nitrogens with one attached hydrogen (secondary N) is 1. The molecule has 3 aromatic heterocycles. The van der Waals surface area contributed by atoms with Gasteiger partial charge in [0.05, 0.1) is 24.3 Å². The third-order valence-corrected chi connectivity index (χ3v) is 5.25. The first-order valence-electron chi connectivity index (χ1n) is 8.20.